The van der Waals surface area contributed by atoms with Crippen molar-refractivity contribution in [2.45, 2.75) is 19.8 Å². The molecule has 0 spiro atoms. The van der Waals surface area contributed by atoms with E-state index >= 15 is 0 Å². The van der Waals surface area contributed by atoms with Gasteiger partial charge in [-0.25, -0.2) is 4.39 Å². The molecule has 0 aromatic heterocycles. The summed E-state index contributed by atoms with van der Waals surface area (Å²) in [7, 11) is 0. The molecule has 1 saturated heterocycles. The van der Waals surface area contributed by atoms with Gasteiger partial charge in [-0.05, 0) is 42.3 Å². The molecule has 0 saturated carbocycles. The average Bonchev–Trinajstić information content (AvgIpc) is 3.26. The van der Waals surface area contributed by atoms with Crippen LogP contribution in [0.3, 0.4) is 0 Å². The molecule has 2 aliphatic heterocycles. The minimum Gasteiger partial charge on any atom is -0.323 e. The molecule has 0 bridgehead atoms. The highest BCUT2D eigenvalue weighted by Gasteiger charge is 2.36. The summed E-state index contributed by atoms with van der Waals surface area (Å²) in [6, 6.07) is 11.5. The molecule has 0 radical (unpaired) electrons. The number of benzene rings is 2. The summed E-state index contributed by atoms with van der Waals surface area (Å²) in [4.78, 5) is 40.0. The average molecular weight is 381 g/mol. The van der Waals surface area contributed by atoms with Gasteiger partial charge in [0.2, 0.25) is 17.7 Å². The molecule has 3 amide bonds. The van der Waals surface area contributed by atoms with Crippen LogP contribution < -0.4 is 15.1 Å². The SMILES string of the molecule is CC(=O)N1CCc2cc(N3C[C@H](C(=O)Nc4ccccc4F)CC3=O)ccc21. The lowest BCUT2D eigenvalue weighted by atomic mass is 10.1. The van der Waals surface area contributed by atoms with Crippen molar-refractivity contribution in [3.05, 3.63) is 53.8 Å². The van der Waals surface area contributed by atoms with Gasteiger partial charge in [-0.3, -0.25) is 14.4 Å². The second-order valence-corrected chi connectivity index (χ2v) is 7.11. The predicted molar refractivity (Wildman–Crippen MR) is 104 cm³/mol. The zero-order chi connectivity index (χ0) is 19.8. The van der Waals surface area contributed by atoms with Crippen molar-refractivity contribution in [3.8, 4) is 0 Å². The van der Waals surface area contributed by atoms with Gasteiger partial charge in [0.05, 0.1) is 11.6 Å². The van der Waals surface area contributed by atoms with Gasteiger partial charge in [-0.1, -0.05) is 12.1 Å². The van der Waals surface area contributed by atoms with E-state index in [-0.39, 0.29) is 36.4 Å². The Morgan fingerprint density at radius 3 is 2.71 bits per heavy atom. The van der Waals surface area contributed by atoms with Crippen LogP contribution in [0.1, 0.15) is 18.9 Å². The van der Waals surface area contributed by atoms with Gasteiger partial charge in [-0.15, -0.1) is 0 Å². The van der Waals surface area contributed by atoms with E-state index < -0.39 is 11.7 Å². The van der Waals surface area contributed by atoms with Gasteiger partial charge in [0.25, 0.3) is 0 Å². The largest absolute Gasteiger partial charge is 0.323 e. The maximum atomic E-state index is 13.8. The molecular formula is C21H20FN3O3. The molecule has 4 rings (SSSR count). The Balaban J connectivity index is 1.49. The Bertz CT molecular complexity index is 975. The number of para-hydroxylation sites is 1. The Morgan fingerprint density at radius 1 is 1.18 bits per heavy atom. The maximum Gasteiger partial charge on any atom is 0.229 e. The number of hydrogen-bond donors (Lipinski definition) is 1. The van der Waals surface area contributed by atoms with Crippen molar-refractivity contribution in [3.63, 3.8) is 0 Å². The van der Waals surface area contributed by atoms with Crippen molar-refractivity contribution in [2.75, 3.05) is 28.2 Å². The number of hydrogen-bond acceptors (Lipinski definition) is 3. The summed E-state index contributed by atoms with van der Waals surface area (Å²) in [6.07, 6.45) is 0.818. The maximum absolute atomic E-state index is 13.8. The first-order chi connectivity index (χ1) is 13.4. The van der Waals surface area contributed by atoms with E-state index in [2.05, 4.69) is 5.32 Å². The Kier molecular flexibility index (Phi) is 4.58. The Labute approximate surface area is 161 Å². The molecule has 144 valence electrons. The lowest BCUT2D eigenvalue weighted by Crippen LogP contribution is -2.28. The van der Waals surface area contributed by atoms with Crippen LogP contribution >= 0.6 is 0 Å². The third kappa shape index (κ3) is 3.24. The van der Waals surface area contributed by atoms with Crippen LogP contribution in [0.25, 0.3) is 0 Å². The molecule has 0 unspecified atom stereocenters. The van der Waals surface area contributed by atoms with Gasteiger partial charge in [0.15, 0.2) is 0 Å². The second kappa shape index (κ2) is 7.07. The number of halogens is 1. The van der Waals surface area contributed by atoms with Crippen molar-refractivity contribution in [1.82, 2.24) is 0 Å². The predicted octanol–water partition coefficient (Wildman–Crippen LogP) is 2.73. The molecule has 1 fully saturated rings. The van der Waals surface area contributed by atoms with Gasteiger partial charge >= 0.3 is 0 Å². The van der Waals surface area contributed by atoms with Crippen LogP contribution in [0.4, 0.5) is 21.5 Å². The van der Waals surface area contributed by atoms with Crippen LogP contribution in [0.15, 0.2) is 42.5 Å². The molecule has 2 aliphatic rings. The summed E-state index contributed by atoms with van der Waals surface area (Å²) in [5, 5.41) is 2.57. The van der Waals surface area contributed by atoms with Crippen LogP contribution in [0, 0.1) is 11.7 Å². The number of nitrogens with zero attached hydrogens (tertiary/aromatic N) is 2. The summed E-state index contributed by atoms with van der Waals surface area (Å²) >= 11 is 0. The van der Waals surface area contributed by atoms with E-state index in [4.69, 9.17) is 0 Å². The molecule has 2 aromatic carbocycles. The van der Waals surface area contributed by atoms with Crippen molar-refractivity contribution in [2.24, 2.45) is 5.92 Å². The van der Waals surface area contributed by atoms with Gasteiger partial charge < -0.3 is 15.1 Å². The van der Waals surface area contributed by atoms with Crippen molar-refractivity contribution >= 4 is 34.8 Å². The summed E-state index contributed by atoms with van der Waals surface area (Å²) in [6.45, 7) is 2.41. The first-order valence-corrected chi connectivity index (χ1v) is 9.21. The highest BCUT2D eigenvalue weighted by Crippen LogP contribution is 2.34. The molecule has 7 heteroatoms. The van der Waals surface area contributed by atoms with Crippen LogP contribution in [-0.2, 0) is 20.8 Å². The minimum atomic E-state index is -0.547. The highest BCUT2D eigenvalue weighted by molar-refractivity contribution is 6.04. The third-order valence-electron chi connectivity index (χ3n) is 5.28. The fraction of sp³-hybridized carbons (Fsp3) is 0.286. The first kappa shape index (κ1) is 18.2. The Hall–Kier alpha value is -3.22. The number of nitrogens with one attached hydrogen (secondary N) is 1. The number of rotatable bonds is 3. The highest BCUT2D eigenvalue weighted by atomic mass is 19.1. The van der Waals surface area contributed by atoms with E-state index in [0.717, 1.165) is 23.4 Å². The smallest absolute Gasteiger partial charge is 0.229 e. The van der Waals surface area contributed by atoms with E-state index in [0.29, 0.717) is 6.54 Å². The van der Waals surface area contributed by atoms with Gasteiger partial charge in [-0.2, -0.15) is 0 Å². The fourth-order valence-electron chi connectivity index (χ4n) is 3.81. The quantitative estimate of drug-likeness (QED) is 0.889. The molecule has 28 heavy (non-hydrogen) atoms. The molecule has 2 heterocycles. The lowest BCUT2D eigenvalue weighted by Gasteiger charge is -2.19. The second-order valence-electron chi connectivity index (χ2n) is 7.11. The van der Waals surface area contributed by atoms with Crippen molar-refractivity contribution in [1.29, 1.82) is 0 Å². The van der Waals surface area contributed by atoms with Crippen molar-refractivity contribution < 1.29 is 18.8 Å². The lowest BCUT2D eigenvalue weighted by molar-refractivity contribution is -0.122. The van der Waals surface area contributed by atoms with Gasteiger partial charge in [0.1, 0.15) is 5.82 Å². The van der Waals surface area contributed by atoms with Crippen LogP contribution in [0.5, 0.6) is 0 Å². The Morgan fingerprint density at radius 2 is 1.96 bits per heavy atom. The fourth-order valence-corrected chi connectivity index (χ4v) is 3.81. The zero-order valence-corrected chi connectivity index (χ0v) is 15.4. The molecule has 2 aromatic rings. The summed E-state index contributed by atoms with van der Waals surface area (Å²) in [5.41, 5.74) is 2.71. The van der Waals surface area contributed by atoms with E-state index in [1.54, 1.807) is 28.0 Å². The van der Waals surface area contributed by atoms with Gasteiger partial charge in [0, 0.05) is 37.8 Å². The normalized spacial score (nSPS) is 18.4. The number of carbonyl (C=O) groups is 3. The summed E-state index contributed by atoms with van der Waals surface area (Å²) in [5.74, 6) is -1.58. The third-order valence-corrected chi connectivity index (χ3v) is 5.28. The van der Waals surface area contributed by atoms with Crippen LogP contribution in [-0.4, -0.2) is 30.8 Å². The molecule has 1 N–H and O–H groups in total. The van der Waals surface area contributed by atoms with E-state index in [1.165, 1.54) is 19.1 Å². The first-order valence-electron chi connectivity index (χ1n) is 9.21. The number of anilines is 3. The number of amides is 3. The number of fused-ring (bicyclic) bond motifs is 1. The molecule has 1 atom stereocenters. The molecule has 6 nitrogen and oxygen atoms in total. The zero-order valence-electron chi connectivity index (χ0n) is 15.4. The monoisotopic (exact) mass is 381 g/mol. The molecular weight excluding hydrogens is 361 g/mol. The summed E-state index contributed by atoms with van der Waals surface area (Å²) < 4.78 is 13.8. The number of carbonyl (C=O) groups excluding carboxylic acids is 3. The topological polar surface area (TPSA) is 69.7 Å². The minimum absolute atomic E-state index is 0.00590. The van der Waals surface area contributed by atoms with E-state index in [1.807, 2.05) is 12.1 Å². The van der Waals surface area contributed by atoms with Crippen LogP contribution in [0.2, 0.25) is 0 Å². The van der Waals surface area contributed by atoms with E-state index in [9.17, 15) is 18.8 Å². The standard InChI is InChI=1S/C21H20FN3O3/c1-13(26)24-9-8-14-10-16(6-7-19(14)24)25-12-15(11-20(25)27)21(28)23-18-5-3-2-4-17(18)22/h2-7,10,15H,8-9,11-12H2,1H3,(H,23,28)/t15-/m1/s1. The molecule has 0 aliphatic carbocycles.